The van der Waals surface area contributed by atoms with Crippen molar-refractivity contribution >= 4 is 33.9 Å². The Balaban J connectivity index is 1.68. The van der Waals surface area contributed by atoms with Crippen LogP contribution in [0.1, 0.15) is 48.6 Å². The molecule has 19 heavy (non-hydrogen) atoms. The van der Waals surface area contributed by atoms with Crippen LogP contribution in [0.4, 0.5) is 0 Å². The first-order valence-corrected chi connectivity index (χ1v) is 9.19. The fraction of sp³-hybridized carbons (Fsp3) is 0.733. The predicted octanol–water partition coefficient (Wildman–Crippen LogP) is 3.80. The first-order valence-electron chi connectivity index (χ1n) is 7.30. The molecule has 1 N–H and O–H groups in total. The lowest BCUT2D eigenvalue weighted by molar-refractivity contribution is 0.0564. The number of hydrogen-bond acceptors (Lipinski definition) is 3. The topological polar surface area (TPSA) is 15.3 Å². The van der Waals surface area contributed by atoms with Gasteiger partial charge >= 0.3 is 0 Å². The summed E-state index contributed by atoms with van der Waals surface area (Å²) in [5.74, 6) is 0. The lowest BCUT2D eigenvalue weighted by Gasteiger charge is -2.48. The number of nitrogens with one attached hydrogen (secondary N) is 1. The van der Waals surface area contributed by atoms with Gasteiger partial charge in [0.1, 0.15) is 0 Å². The Morgan fingerprint density at radius 3 is 2.84 bits per heavy atom. The van der Waals surface area contributed by atoms with Crippen molar-refractivity contribution in [1.82, 2.24) is 10.2 Å². The third-order valence-electron chi connectivity index (χ3n) is 4.99. The van der Waals surface area contributed by atoms with Gasteiger partial charge in [0, 0.05) is 23.0 Å². The summed E-state index contributed by atoms with van der Waals surface area (Å²) in [6.07, 6.45) is 8.05. The van der Waals surface area contributed by atoms with Gasteiger partial charge in [-0.15, -0.1) is 11.3 Å². The van der Waals surface area contributed by atoms with Crippen LogP contribution in [0.25, 0.3) is 0 Å². The van der Waals surface area contributed by atoms with Gasteiger partial charge < -0.3 is 10.2 Å². The van der Waals surface area contributed by atoms with Gasteiger partial charge in [-0.2, -0.15) is 0 Å². The van der Waals surface area contributed by atoms with E-state index in [0.29, 0.717) is 11.6 Å². The number of aryl methyl sites for hydroxylation is 1. The predicted molar refractivity (Wildman–Crippen MR) is 91.0 cm³/mol. The summed E-state index contributed by atoms with van der Waals surface area (Å²) >= 11 is 4.46. The smallest absolute Gasteiger partial charge is 0.0659 e. The van der Waals surface area contributed by atoms with Gasteiger partial charge in [-0.1, -0.05) is 0 Å². The number of nitrogens with zero attached hydrogens (tertiary/aromatic N) is 1. The molecule has 0 aromatic carbocycles. The third-order valence-corrected chi connectivity index (χ3v) is 6.97. The fourth-order valence-electron chi connectivity index (χ4n) is 3.41. The van der Waals surface area contributed by atoms with Crippen LogP contribution in [-0.4, -0.2) is 31.1 Å². The van der Waals surface area contributed by atoms with Crippen molar-refractivity contribution < 1.29 is 0 Å². The summed E-state index contributed by atoms with van der Waals surface area (Å²) < 4.78 is 1.45. The molecule has 1 heterocycles. The van der Waals surface area contributed by atoms with Crippen LogP contribution >= 0.6 is 33.9 Å². The van der Waals surface area contributed by atoms with E-state index in [1.165, 1.54) is 41.4 Å². The average Bonchev–Trinajstić information content (AvgIpc) is 2.68. The van der Waals surface area contributed by atoms with E-state index in [-0.39, 0.29) is 0 Å². The molecular formula is C15H23IN2S. The minimum absolute atomic E-state index is 0.431. The van der Waals surface area contributed by atoms with Crippen molar-refractivity contribution in [1.29, 1.82) is 0 Å². The Kier molecular flexibility index (Phi) is 4.23. The Hall–Kier alpha value is 0.350. The molecule has 3 rings (SSSR count). The van der Waals surface area contributed by atoms with Crippen molar-refractivity contribution in [3.63, 3.8) is 0 Å². The lowest BCUT2D eigenvalue weighted by Crippen LogP contribution is -2.56. The summed E-state index contributed by atoms with van der Waals surface area (Å²) in [6, 6.07) is 3.00. The largest absolute Gasteiger partial charge is 0.308 e. The molecular weight excluding hydrogens is 367 g/mol. The zero-order chi connectivity index (χ0) is 13.5. The average molecular weight is 390 g/mol. The van der Waals surface area contributed by atoms with Gasteiger partial charge in [-0.25, -0.2) is 0 Å². The molecule has 1 fully saturated rings. The fourth-order valence-corrected chi connectivity index (χ4v) is 5.53. The van der Waals surface area contributed by atoms with E-state index in [1.807, 2.05) is 11.3 Å². The minimum Gasteiger partial charge on any atom is -0.308 e. The van der Waals surface area contributed by atoms with Crippen molar-refractivity contribution in [2.75, 3.05) is 20.6 Å². The van der Waals surface area contributed by atoms with Crippen LogP contribution in [0.2, 0.25) is 0 Å². The van der Waals surface area contributed by atoms with E-state index < -0.39 is 0 Å². The molecule has 2 nitrogen and oxygen atoms in total. The third kappa shape index (κ3) is 2.74. The highest BCUT2D eigenvalue weighted by Gasteiger charge is 2.39. The number of halogens is 1. The SMILES string of the molecule is CN(C)C1(CNC2CCCc3sc(I)cc32)CCC1. The summed E-state index contributed by atoms with van der Waals surface area (Å²) in [7, 11) is 4.47. The van der Waals surface area contributed by atoms with Crippen molar-refractivity contribution in [2.24, 2.45) is 0 Å². The maximum atomic E-state index is 3.88. The second-order valence-electron chi connectivity index (χ2n) is 6.23. The van der Waals surface area contributed by atoms with Crippen LogP contribution in [0.15, 0.2) is 6.07 Å². The molecule has 0 saturated heterocycles. The molecule has 0 spiro atoms. The lowest BCUT2D eigenvalue weighted by atomic mass is 9.75. The van der Waals surface area contributed by atoms with Crippen LogP contribution in [-0.2, 0) is 6.42 Å². The first kappa shape index (κ1) is 14.3. The minimum atomic E-state index is 0.431. The monoisotopic (exact) mass is 390 g/mol. The van der Waals surface area contributed by atoms with Gasteiger partial charge in [-0.3, -0.25) is 0 Å². The quantitative estimate of drug-likeness (QED) is 0.787. The van der Waals surface area contributed by atoms with Gasteiger partial charge in [0.05, 0.1) is 2.88 Å². The molecule has 2 aliphatic carbocycles. The van der Waals surface area contributed by atoms with Crippen LogP contribution < -0.4 is 5.32 Å². The summed E-state index contributed by atoms with van der Waals surface area (Å²) in [4.78, 5) is 4.06. The highest BCUT2D eigenvalue weighted by atomic mass is 127. The number of hydrogen-bond donors (Lipinski definition) is 1. The summed E-state index contributed by atoms with van der Waals surface area (Å²) in [5.41, 5.74) is 2.02. The number of rotatable bonds is 4. The Bertz CT molecular complexity index is 451. The highest BCUT2D eigenvalue weighted by Crippen LogP contribution is 2.39. The molecule has 1 unspecified atom stereocenters. The van der Waals surface area contributed by atoms with E-state index in [2.05, 4.69) is 53.0 Å². The van der Waals surface area contributed by atoms with Crippen LogP contribution in [0.3, 0.4) is 0 Å². The molecule has 1 atom stereocenters. The van der Waals surface area contributed by atoms with Gasteiger partial charge in [0.2, 0.25) is 0 Å². The summed E-state index contributed by atoms with van der Waals surface area (Å²) in [5, 5.41) is 3.88. The molecule has 106 valence electrons. The Morgan fingerprint density at radius 2 is 2.21 bits per heavy atom. The van der Waals surface area contributed by atoms with Gasteiger partial charge in [-0.05, 0) is 86.8 Å². The van der Waals surface area contributed by atoms with Crippen molar-refractivity contribution in [2.45, 2.75) is 50.1 Å². The Labute approximate surface area is 134 Å². The number of likely N-dealkylation sites (N-methyl/N-ethyl adjacent to an activating group) is 1. The van der Waals surface area contributed by atoms with Crippen LogP contribution in [0.5, 0.6) is 0 Å². The maximum Gasteiger partial charge on any atom is 0.0659 e. The molecule has 2 aliphatic rings. The zero-order valence-corrected chi connectivity index (χ0v) is 14.8. The molecule has 0 aliphatic heterocycles. The van der Waals surface area contributed by atoms with Crippen molar-refractivity contribution in [3.8, 4) is 0 Å². The molecule has 0 amide bonds. The van der Waals surface area contributed by atoms with E-state index in [1.54, 1.807) is 10.4 Å². The molecule has 1 aromatic rings. The van der Waals surface area contributed by atoms with Gasteiger partial charge in [0.15, 0.2) is 0 Å². The van der Waals surface area contributed by atoms with Crippen molar-refractivity contribution in [3.05, 3.63) is 19.4 Å². The maximum absolute atomic E-state index is 3.88. The molecule has 0 bridgehead atoms. The first-order chi connectivity index (χ1) is 9.11. The second kappa shape index (κ2) is 5.62. The zero-order valence-electron chi connectivity index (χ0n) is 11.8. The summed E-state index contributed by atoms with van der Waals surface area (Å²) in [6.45, 7) is 1.15. The Morgan fingerprint density at radius 1 is 1.42 bits per heavy atom. The highest BCUT2D eigenvalue weighted by molar-refractivity contribution is 14.1. The van der Waals surface area contributed by atoms with E-state index in [9.17, 15) is 0 Å². The molecule has 1 saturated carbocycles. The number of thiophene rings is 1. The number of fused-ring (bicyclic) bond motifs is 1. The van der Waals surface area contributed by atoms with E-state index in [4.69, 9.17) is 0 Å². The normalized spacial score (nSPS) is 25.2. The molecule has 4 heteroatoms. The van der Waals surface area contributed by atoms with Crippen LogP contribution in [0, 0.1) is 2.88 Å². The molecule has 1 aromatic heterocycles. The van der Waals surface area contributed by atoms with E-state index in [0.717, 1.165) is 6.54 Å². The second-order valence-corrected chi connectivity index (χ2v) is 9.26. The standard InChI is InChI=1S/C15H23IN2S/c1-18(2)15(7-4-8-15)10-17-12-5-3-6-13-11(12)9-14(16)19-13/h9,12,17H,3-8,10H2,1-2H3. The van der Waals surface area contributed by atoms with Gasteiger partial charge in [0.25, 0.3) is 0 Å². The van der Waals surface area contributed by atoms with E-state index >= 15 is 0 Å². The molecule has 0 radical (unpaired) electrons.